The number of nitrogens with one attached hydrogen (secondary N) is 1. The lowest BCUT2D eigenvalue weighted by molar-refractivity contribution is 0.0938. The summed E-state index contributed by atoms with van der Waals surface area (Å²) < 4.78 is 1.71. The van der Waals surface area contributed by atoms with Crippen LogP contribution in [0, 0.1) is 11.5 Å². The number of hydrogen-bond donors (Lipinski definition) is 1. The maximum absolute atomic E-state index is 12.2. The van der Waals surface area contributed by atoms with E-state index in [1.807, 2.05) is 19.3 Å². The highest BCUT2D eigenvalue weighted by atomic mass is 16.1. The molecule has 7 nitrogen and oxygen atoms in total. The third kappa shape index (κ3) is 2.91. The fourth-order valence-electron chi connectivity index (χ4n) is 2.49. The van der Waals surface area contributed by atoms with Crippen molar-refractivity contribution >= 4 is 5.91 Å². The molecule has 3 rings (SSSR count). The number of pyridine rings is 1. The molecule has 0 spiro atoms. The first kappa shape index (κ1) is 14.1. The summed E-state index contributed by atoms with van der Waals surface area (Å²) >= 11 is 0. The molecule has 0 aromatic carbocycles. The van der Waals surface area contributed by atoms with Crippen molar-refractivity contribution in [3.63, 3.8) is 0 Å². The van der Waals surface area contributed by atoms with Gasteiger partial charge in [0.25, 0.3) is 5.91 Å². The van der Waals surface area contributed by atoms with Gasteiger partial charge in [-0.25, -0.2) is 0 Å². The topological polar surface area (TPSA) is 86.8 Å². The van der Waals surface area contributed by atoms with Crippen LogP contribution in [0.25, 0.3) is 11.3 Å². The summed E-state index contributed by atoms with van der Waals surface area (Å²) in [5.74, 6) is -0.157. The Labute approximate surface area is 128 Å². The molecule has 1 fully saturated rings. The third-order valence-electron chi connectivity index (χ3n) is 3.69. The van der Waals surface area contributed by atoms with Crippen molar-refractivity contribution < 1.29 is 4.79 Å². The first-order valence-electron chi connectivity index (χ1n) is 7.06. The Morgan fingerprint density at radius 3 is 2.91 bits per heavy atom. The lowest BCUT2D eigenvalue weighted by Crippen LogP contribution is -2.36. The van der Waals surface area contributed by atoms with E-state index in [1.54, 1.807) is 28.0 Å². The largest absolute Gasteiger partial charge is 0.347 e. The van der Waals surface area contributed by atoms with Crippen LogP contribution in [0.1, 0.15) is 16.8 Å². The maximum Gasteiger partial charge on any atom is 0.253 e. The van der Waals surface area contributed by atoms with Gasteiger partial charge in [-0.15, -0.1) is 0 Å². The quantitative estimate of drug-likeness (QED) is 0.845. The van der Waals surface area contributed by atoms with Crippen LogP contribution in [0.4, 0.5) is 0 Å². The van der Waals surface area contributed by atoms with Crippen LogP contribution < -0.4 is 5.32 Å². The lowest BCUT2D eigenvalue weighted by Gasteiger charge is -2.12. The van der Waals surface area contributed by atoms with E-state index in [-0.39, 0.29) is 11.9 Å². The van der Waals surface area contributed by atoms with E-state index in [4.69, 9.17) is 5.26 Å². The maximum atomic E-state index is 12.2. The molecule has 1 saturated heterocycles. The molecule has 2 aromatic rings. The van der Waals surface area contributed by atoms with Gasteiger partial charge in [0.15, 0.2) is 6.19 Å². The van der Waals surface area contributed by atoms with Crippen LogP contribution in [-0.2, 0) is 7.05 Å². The number of carbonyl (C=O) groups is 1. The fourth-order valence-corrected chi connectivity index (χ4v) is 2.49. The minimum Gasteiger partial charge on any atom is -0.347 e. The average molecular weight is 296 g/mol. The molecule has 1 unspecified atom stereocenters. The summed E-state index contributed by atoms with van der Waals surface area (Å²) in [6.45, 7) is 1.27. The standard InChI is InChI=1S/C15H16N6O/c1-20-8-12(7-18-20)14-3-2-11(6-17-14)15(22)19-13-4-5-21(9-13)10-16/h2-3,6-8,13H,4-5,9H2,1H3,(H,19,22). The van der Waals surface area contributed by atoms with Crippen LogP contribution in [0.3, 0.4) is 0 Å². The molecule has 1 aliphatic rings. The smallest absolute Gasteiger partial charge is 0.253 e. The van der Waals surface area contributed by atoms with Crippen molar-refractivity contribution in [3.05, 3.63) is 36.3 Å². The Bertz CT molecular complexity index is 714. The zero-order chi connectivity index (χ0) is 15.5. The average Bonchev–Trinajstić information content (AvgIpc) is 3.16. The van der Waals surface area contributed by atoms with Crippen molar-refractivity contribution in [1.82, 2.24) is 25.0 Å². The van der Waals surface area contributed by atoms with Gasteiger partial charge in [0.2, 0.25) is 0 Å². The predicted molar refractivity (Wildman–Crippen MR) is 79.5 cm³/mol. The van der Waals surface area contributed by atoms with Crippen LogP contribution in [0.5, 0.6) is 0 Å². The van der Waals surface area contributed by atoms with Crippen LogP contribution in [0.15, 0.2) is 30.7 Å². The van der Waals surface area contributed by atoms with Crippen molar-refractivity contribution in [3.8, 4) is 17.5 Å². The van der Waals surface area contributed by atoms with Gasteiger partial charge in [-0.2, -0.15) is 10.4 Å². The first-order chi connectivity index (χ1) is 10.7. The summed E-state index contributed by atoms with van der Waals surface area (Å²) in [4.78, 5) is 18.1. The first-order valence-corrected chi connectivity index (χ1v) is 7.06. The summed E-state index contributed by atoms with van der Waals surface area (Å²) in [6.07, 6.45) is 8.06. The van der Waals surface area contributed by atoms with E-state index in [0.717, 1.165) is 17.7 Å². The Kier molecular flexibility index (Phi) is 3.74. The van der Waals surface area contributed by atoms with E-state index in [0.29, 0.717) is 18.7 Å². The highest BCUT2D eigenvalue weighted by Crippen LogP contribution is 2.16. The molecular formula is C15H16N6O. The number of likely N-dealkylation sites (tertiary alicyclic amines) is 1. The molecule has 1 atom stereocenters. The predicted octanol–water partition coefficient (Wildman–Crippen LogP) is 0.767. The SMILES string of the molecule is Cn1cc(-c2ccc(C(=O)NC3CCN(C#N)C3)cn2)cn1. The number of aromatic nitrogens is 3. The van der Waals surface area contributed by atoms with Gasteiger partial charge in [-0.1, -0.05) is 0 Å². The molecule has 0 bridgehead atoms. The van der Waals surface area contributed by atoms with E-state index in [2.05, 4.69) is 21.6 Å². The Morgan fingerprint density at radius 1 is 1.45 bits per heavy atom. The van der Waals surface area contributed by atoms with Crippen LogP contribution >= 0.6 is 0 Å². The van der Waals surface area contributed by atoms with Crippen LogP contribution in [0.2, 0.25) is 0 Å². The van der Waals surface area contributed by atoms with Gasteiger partial charge in [0.05, 0.1) is 17.5 Å². The number of nitrogens with zero attached hydrogens (tertiary/aromatic N) is 5. The second kappa shape index (κ2) is 5.85. The Morgan fingerprint density at radius 2 is 2.32 bits per heavy atom. The second-order valence-electron chi connectivity index (χ2n) is 5.34. The molecule has 1 amide bonds. The van der Waals surface area contributed by atoms with Crippen molar-refractivity contribution in [2.75, 3.05) is 13.1 Å². The molecule has 1 N–H and O–H groups in total. The molecule has 112 valence electrons. The fraction of sp³-hybridized carbons (Fsp3) is 0.333. The van der Waals surface area contributed by atoms with E-state index in [9.17, 15) is 4.79 Å². The van der Waals surface area contributed by atoms with Gasteiger partial charge in [0.1, 0.15) is 0 Å². The third-order valence-corrected chi connectivity index (χ3v) is 3.69. The summed E-state index contributed by atoms with van der Waals surface area (Å²) in [5, 5.41) is 15.9. The molecule has 3 heterocycles. The molecule has 2 aromatic heterocycles. The molecule has 0 aliphatic carbocycles. The van der Waals surface area contributed by atoms with Gasteiger partial charge < -0.3 is 10.2 Å². The summed E-state index contributed by atoms with van der Waals surface area (Å²) in [5.41, 5.74) is 2.21. The molecule has 7 heteroatoms. The molecular weight excluding hydrogens is 280 g/mol. The number of carbonyl (C=O) groups excluding carboxylic acids is 1. The number of aryl methyl sites for hydroxylation is 1. The summed E-state index contributed by atoms with van der Waals surface area (Å²) in [7, 11) is 1.84. The highest BCUT2D eigenvalue weighted by Gasteiger charge is 2.23. The molecule has 1 aliphatic heterocycles. The van der Waals surface area contributed by atoms with Gasteiger partial charge in [0, 0.05) is 44.1 Å². The van der Waals surface area contributed by atoms with Gasteiger partial charge >= 0.3 is 0 Å². The number of amides is 1. The van der Waals surface area contributed by atoms with E-state index < -0.39 is 0 Å². The van der Waals surface area contributed by atoms with E-state index in [1.165, 1.54) is 0 Å². The van der Waals surface area contributed by atoms with Gasteiger partial charge in [-0.3, -0.25) is 14.5 Å². The van der Waals surface area contributed by atoms with Crippen molar-refractivity contribution in [2.24, 2.45) is 7.05 Å². The second-order valence-corrected chi connectivity index (χ2v) is 5.34. The molecule has 0 saturated carbocycles. The minimum absolute atomic E-state index is 0.0187. The normalized spacial score (nSPS) is 17.3. The number of rotatable bonds is 3. The highest BCUT2D eigenvalue weighted by molar-refractivity contribution is 5.94. The number of hydrogen-bond acceptors (Lipinski definition) is 5. The van der Waals surface area contributed by atoms with Gasteiger partial charge in [-0.05, 0) is 18.6 Å². The molecule has 0 radical (unpaired) electrons. The van der Waals surface area contributed by atoms with Crippen molar-refractivity contribution in [2.45, 2.75) is 12.5 Å². The zero-order valence-electron chi connectivity index (χ0n) is 12.2. The Hall–Kier alpha value is -2.88. The molecule has 22 heavy (non-hydrogen) atoms. The lowest BCUT2D eigenvalue weighted by atomic mass is 10.1. The Balaban J connectivity index is 1.65. The summed E-state index contributed by atoms with van der Waals surface area (Å²) in [6, 6.07) is 3.58. The van der Waals surface area contributed by atoms with Crippen molar-refractivity contribution in [1.29, 1.82) is 5.26 Å². The monoisotopic (exact) mass is 296 g/mol. The zero-order valence-corrected chi connectivity index (χ0v) is 12.2. The van der Waals surface area contributed by atoms with E-state index >= 15 is 0 Å². The minimum atomic E-state index is -0.157. The number of nitriles is 1. The van der Waals surface area contributed by atoms with Crippen LogP contribution in [-0.4, -0.2) is 44.7 Å².